The highest BCUT2D eigenvalue weighted by atomic mass is 17.2. The summed E-state index contributed by atoms with van der Waals surface area (Å²) < 4.78 is 5.10. The van der Waals surface area contributed by atoms with Crippen LogP contribution in [0.2, 0.25) is 0 Å². The van der Waals surface area contributed by atoms with Crippen molar-refractivity contribution in [1.29, 1.82) is 0 Å². The monoisotopic (exact) mass is 190 g/mol. The Kier molecular flexibility index (Phi) is 5.66. The molecule has 0 amide bonds. The molecule has 0 spiro atoms. The Labute approximate surface area is 79.1 Å². The third kappa shape index (κ3) is 3.74. The molecule has 0 saturated heterocycles. The molecule has 78 valence electrons. The van der Waals surface area contributed by atoms with Gasteiger partial charge in [0.1, 0.15) is 0 Å². The highest BCUT2D eigenvalue weighted by Gasteiger charge is 2.35. The average Bonchev–Trinajstić information content (AvgIpc) is 2.14. The van der Waals surface area contributed by atoms with Crippen molar-refractivity contribution in [2.75, 3.05) is 14.2 Å². The maximum Gasteiger partial charge on any atom is 0.373 e. The maximum atomic E-state index is 11.3. The summed E-state index contributed by atoms with van der Waals surface area (Å²) >= 11 is 0. The number of methoxy groups -OCH3 is 1. The lowest BCUT2D eigenvalue weighted by Crippen LogP contribution is -2.38. The maximum absolute atomic E-state index is 11.3. The normalized spacial score (nSPS) is 15.1. The van der Waals surface area contributed by atoms with Gasteiger partial charge >= 0.3 is 5.97 Å². The Morgan fingerprint density at radius 1 is 1.38 bits per heavy atom. The summed E-state index contributed by atoms with van der Waals surface area (Å²) in [5, 5.41) is 0. The van der Waals surface area contributed by atoms with Gasteiger partial charge in [-0.3, -0.25) is 4.89 Å². The molecule has 0 N–H and O–H groups in total. The summed E-state index contributed by atoms with van der Waals surface area (Å²) in [6.07, 6.45) is 2.57. The molecule has 4 heteroatoms. The number of ether oxygens (including phenoxy) is 1. The van der Waals surface area contributed by atoms with Crippen molar-refractivity contribution in [1.82, 2.24) is 0 Å². The minimum absolute atomic E-state index is 0.481. The van der Waals surface area contributed by atoms with Crippen LogP contribution < -0.4 is 0 Å². The lowest BCUT2D eigenvalue weighted by Gasteiger charge is -2.23. The van der Waals surface area contributed by atoms with Crippen molar-refractivity contribution in [2.24, 2.45) is 0 Å². The van der Waals surface area contributed by atoms with Gasteiger partial charge in [-0.25, -0.2) is 4.79 Å². The predicted molar refractivity (Wildman–Crippen MR) is 48.0 cm³/mol. The van der Waals surface area contributed by atoms with Gasteiger partial charge in [0.2, 0.25) is 0 Å². The average molecular weight is 190 g/mol. The van der Waals surface area contributed by atoms with E-state index in [1.54, 1.807) is 6.92 Å². The van der Waals surface area contributed by atoms with Crippen molar-refractivity contribution in [2.45, 2.75) is 38.7 Å². The number of carbonyl (C=O) groups excluding carboxylic acids is 1. The van der Waals surface area contributed by atoms with Crippen molar-refractivity contribution in [3.8, 4) is 0 Å². The second-order valence-corrected chi connectivity index (χ2v) is 3.08. The Morgan fingerprint density at radius 2 is 2.00 bits per heavy atom. The highest BCUT2D eigenvalue weighted by molar-refractivity contribution is 5.78. The molecule has 0 aliphatic rings. The number of carbonyl (C=O) groups is 1. The summed E-state index contributed by atoms with van der Waals surface area (Å²) in [5.41, 5.74) is -0.883. The molecule has 0 aromatic carbocycles. The standard InChI is InChI=1S/C9H18O4/c1-5-6-7-9(2,11-3)8(10)13-12-4/h5-7H2,1-4H3. The van der Waals surface area contributed by atoms with E-state index in [9.17, 15) is 4.79 Å². The van der Waals surface area contributed by atoms with Crippen LogP contribution in [0, 0.1) is 0 Å². The molecule has 4 nitrogen and oxygen atoms in total. The first-order chi connectivity index (χ1) is 6.10. The number of hydrogen-bond acceptors (Lipinski definition) is 4. The zero-order valence-corrected chi connectivity index (χ0v) is 8.75. The summed E-state index contributed by atoms with van der Waals surface area (Å²) in [6, 6.07) is 0. The first-order valence-electron chi connectivity index (χ1n) is 4.41. The number of rotatable bonds is 6. The fourth-order valence-electron chi connectivity index (χ4n) is 0.965. The molecule has 0 heterocycles. The Balaban J connectivity index is 4.16. The Hall–Kier alpha value is -0.610. The molecule has 0 aliphatic carbocycles. The molecule has 0 saturated carbocycles. The molecule has 0 bridgehead atoms. The van der Waals surface area contributed by atoms with Crippen LogP contribution in [0.15, 0.2) is 0 Å². The van der Waals surface area contributed by atoms with E-state index in [1.807, 2.05) is 0 Å². The summed E-state index contributed by atoms with van der Waals surface area (Å²) in [6.45, 7) is 3.75. The van der Waals surface area contributed by atoms with Gasteiger partial charge in [-0.1, -0.05) is 19.8 Å². The molecular formula is C9H18O4. The van der Waals surface area contributed by atoms with E-state index in [2.05, 4.69) is 16.7 Å². The van der Waals surface area contributed by atoms with Crippen LogP contribution in [0.3, 0.4) is 0 Å². The molecule has 0 aliphatic heterocycles. The molecular weight excluding hydrogens is 172 g/mol. The zero-order valence-electron chi connectivity index (χ0n) is 8.75. The van der Waals surface area contributed by atoms with E-state index in [0.717, 1.165) is 12.8 Å². The van der Waals surface area contributed by atoms with Crippen molar-refractivity contribution < 1.29 is 19.3 Å². The molecule has 0 rings (SSSR count). The molecule has 0 fully saturated rings. The summed E-state index contributed by atoms with van der Waals surface area (Å²) in [5.74, 6) is -0.481. The third-order valence-corrected chi connectivity index (χ3v) is 2.05. The van der Waals surface area contributed by atoms with E-state index in [0.29, 0.717) is 6.42 Å². The fraction of sp³-hybridized carbons (Fsp3) is 0.889. The topological polar surface area (TPSA) is 44.8 Å². The van der Waals surface area contributed by atoms with Crippen molar-refractivity contribution in [3.63, 3.8) is 0 Å². The van der Waals surface area contributed by atoms with E-state index >= 15 is 0 Å². The molecule has 0 aromatic heterocycles. The van der Waals surface area contributed by atoms with Gasteiger partial charge in [0.15, 0.2) is 5.60 Å². The van der Waals surface area contributed by atoms with E-state index in [-0.39, 0.29) is 0 Å². The summed E-state index contributed by atoms with van der Waals surface area (Å²) in [4.78, 5) is 20.1. The predicted octanol–water partition coefficient (Wildman–Crippen LogP) is 1.69. The molecule has 0 radical (unpaired) electrons. The minimum Gasteiger partial charge on any atom is -0.367 e. The molecule has 1 unspecified atom stereocenters. The Bertz CT molecular complexity index is 158. The first-order valence-corrected chi connectivity index (χ1v) is 4.41. The Morgan fingerprint density at radius 3 is 2.38 bits per heavy atom. The van der Waals surface area contributed by atoms with Gasteiger partial charge in [0.25, 0.3) is 0 Å². The van der Waals surface area contributed by atoms with Gasteiger partial charge in [-0.15, -0.1) is 0 Å². The van der Waals surface area contributed by atoms with Crippen LogP contribution in [0.4, 0.5) is 0 Å². The molecule has 1 atom stereocenters. The molecule has 13 heavy (non-hydrogen) atoms. The van der Waals surface area contributed by atoms with Gasteiger partial charge in [-0.2, -0.15) is 4.89 Å². The smallest absolute Gasteiger partial charge is 0.367 e. The second-order valence-electron chi connectivity index (χ2n) is 3.08. The number of unbranched alkanes of at least 4 members (excludes halogenated alkanes) is 1. The minimum atomic E-state index is -0.883. The van der Waals surface area contributed by atoms with Gasteiger partial charge < -0.3 is 4.74 Å². The second kappa shape index (κ2) is 5.94. The largest absolute Gasteiger partial charge is 0.373 e. The first kappa shape index (κ1) is 12.4. The van der Waals surface area contributed by atoms with E-state index in [1.165, 1.54) is 14.2 Å². The van der Waals surface area contributed by atoms with E-state index < -0.39 is 11.6 Å². The van der Waals surface area contributed by atoms with Crippen LogP contribution >= 0.6 is 0 Å². The van der Waals surface area contributed by atoms with Crippen LogP contribution in [0.25, 0.3) is 0 Å². The van der Waals surface area contributed by atoms with Crippen LogP contribution in [-0.2, 0) is 19.3 Å². The zero-order chi connectivity index (χ0) is 10.3. The lowest BCUT2D eigenvalue weighted by molar-refractivity contribution is -0.270. The fourth-order valence-corrected chi connectivity index (χ4v) is 0.965. The van der Waals surface area contributed by atoms with Crippen LogP contribution in [0.1, 0.15) is 33.1 Å². The van der Waals surface area contributed by atoms with Crippen molar-refractivity contribution in [3.05, 3.63) is 0 Å². The van der Waals surface area contributed by atoms with Crippen LogP contribution in [-0.4, -0.2) is 25.8 Å². The number of hydrogen-bond donors (Lipinski definition) is 0. The molecule has 0 aromatic rings. The van der Waals surface area contributed by atoms with Gasteiger partial charge in [-0.05, 0) is 13.3 Å². The summed E-state index contributed by atoms with van der Waals surface area (Å²) in [7, 11) is 2.79. The quantitative estimate of drug-likeness (QED) is 0.472. The van der Waals surface area contributed by atoms with Crippen LogP contribution in [0.5, 0.6) is 0 Å². The van der Waals surface area contributed by atoms with Gasteiger partial charge in [0.05, 0.1) is 7.11 Å². The van der Waals surface area contributed by atoms with Gasteiger partial charge in [0, 0.05) is 7.11 Å². The van der Waals surface area contributed by atoms with Crippen molar-refractivity contribution >= 4 is 5.97 Å². The third-order valence-electron chi connectivity index (χ3n) is 2.05. The highest BCUT2D eigenvalue weighted by Crippen LogP contribution is 2.19. The van der Waals surface area contributed by atoms with E-state index in [4.69, 9.17) is 4.74 Å². The SMILES string of the molecule is CCCCC(C)(OC)C(=O)OOC. The lowest BCUT2D eigenvalue weighted by atomic mass is 9.99.